The number of ether oxygens (including phenoxy) is 1. The van der Waals surface area contributed by atoms with Gasteiger partial charge in [-0.05, 0) is 42.0 Å². The van der Waals surface area contributed by atoms with Crippen LogP contribution in [0.3, 0.4) is 0 Å². The molecule has 5 rings (SSSR count). The SMILES string of the molecule is CCOc1c/c(=C\c2sc3ccccc3[n+]2CC)c2cccc3cccc1c32.F[B-](F)(F)F. The van der Waals surface area contributed by atoms with E-state index in [2.05, 4.69) is 84.3 Å². The van der Waals surface area contributed by atoms with Gasteiger partial charge in [0.25, 0.3) is 5.01 Å². The standard InChI is InChI=1S/C25H22NOS.BF4/c1-3-26-21-13-5-6-14-23(21)28-24(26)16-18-15-22(27-4-2)20-12-8-10-17-9-7-11-19(18)25(17)20;2-1(3,4)5/h5-16H,3-4H2,1-2H3;/q+1;-1/b18-16+;. The molecular weight excluding hydrogens is 449 g/mol. The molecule has 8 heteroatoms. The van der Waals surface area contributed by atoms with Crippen molar-refractivity contribution in [2.45, 2.75) is 20.4 Å². The zero-order valence-corrected chi connectivity index (χ0v) is 19.0. The van der Waals surface area contributed by atoms with Gasteiger partial charge in [-0.2, -0.15) is 4.57 Å². The summed E-state index contributed by atoms with van der Waals surface area (Å²) in [4.78, 5) is 0. The number of thiazole rings is 1. The van der Waals surface area contributed by atoms with Crippen molar-refractivity contribution in [2.75, 3.05) is 6.61 Å². The molecular formula is C25H22BF4NOS. The molecule has 0 amide bonds. The van der Waals surface area contributed by atoms with Crippen LogP contribution in [0.2, 0.25) is 0 Å². The lowest BCUT2D eigenvalue weighted by molar-refractivity contribution is -0.665. The van der Waals surface area contributed by atoms with Crippen molar-refractivity contribution in [3.05, 3.63) is 77.0 Å². The summed E-state index contributed by atoms with van der Waals surface area (Å²) in [5.41, 5.74) is 1.30. The predicted molar refractivity (Wildman–Crippen MR) is 129 cm³/mol. The van der Waals surface area contributed by atoms with Gasteiger partial charge in [-0.1, -0.05) is 59.9 Å². The Morgan fingerprint density at radius 1 is 0.909 bits per heavy atom. The average molecular weight is 471 g/mol. The molecule has 170 valence electrons. The molecule has 4 aromatic carbocycles. The number of rotatable bonds is 4. The van der Waals surface area contributed by atoms with E-state index >= 15 is 0 Å². The van der Waals surface area contributed by atoms with Gasteiger partial charge in [0.05, 0.1) is 6.61 Å². The Morgan fingerprint density at radius 3 is 2.24 bits per heavy atom. The van der Waals surface area contributed by atoms with E-state index in [4.69, 9.17) is 4.74 Å². The van der Waals surface area contributed by atoms with Crippen LogP contribution in [0, 0.1) is 0 Å². The summed E-state index contributed by atoms with van der Waals surface area (Å²) in [7, 11) is -6.00. The zero-order chi connectivity index (χ0) is 23.6. The highest BCUT2D eigenvalue weighted by Crippen LogP contribution is 2.31. The van der Waals surface area contributed by atoms with Crippen molar-refractivity contribution in [2.24, 2.45) is 0 Å². The molecule has 2 nitrogen and oxygen atoms in total. The minimum Gasteiger partial charge on any atom is -0.493 e. The van der Waals surface area contributed by atoms with Crippen molar-refractivity contribution < 1.29 is 26.6 Å². The molecule has 5 aromatic rings. The van der Waals surface area contributed by atoms with Crippen LogP contribution in [0.15, 0.2) is 66.7 Å². The summed E-state index contributed by atoms with van der Waals surface area (Å²) in [5, 5.41) is 7.48. The third kappa shape index (κ3) is 4.96. The highest BCUT2D eigenvalue weighted by Gasteiger charge is 2.20. The van der Waals surface area contributed by atoms with Crippen LogP contribution in [-0.2, 0) is 6.54 Å². The lowest BCUT2D eigenvalue weighted by Gasteiger charge is -2.11. The van der Waals surface area contributed by atoms with Gasteiger partial charge in [0.1, 0.15) is 17.0 Å². The summed E-state index contributed by atoms with van der Waals surface area (Å²) in [6, 6.07) is 23.8. The highest BCUT2D eigenvalue weighted by molar-refractivity contribution is 7.18. The molecule has 0 radical (unpaired) electrons. The number of hydrogen-bond acceptors (Lipinski definition) is 2. The maximum Gasteiger partial charge on any atom is 0.673 e. The van der Waals surface area contributed by atoms with E-state index in [-0.39, 0.29) is 0 Å². The smallest absolute Gasteiger partial charge is 0.493 e. The molecule has 0 aliphatic carbocycles. The first kappa shape index (κ1) is 23.0. The summed E-state index contributed by atoms with van der Waals surface area (Å²) < 4.78 is 48.7. The van der Waals surface area contributed by atoms with Gasteiger partial charge in [-0.25, -0.2) is 0 Å². The normalized spacial score (nSPS) is 12.4. The Bertz CT molecular complexity index is 1470. The number of benzene rings is 4. The first-order valence-corrected chi connectivity index (χ1v) is 11.5. The third-order valence-electron chi connectivity index (χ3n) is 5.30. The molecule has 0 bridgehead atoms. The molecule has 33 heavy (non-hydrogen) atoms. The second kappa shape index (κ2) is 9.39. The van der Waals surface area contributed by atoms with Gasteiger partial charge in [0.2, 0.25) is 5.52 Å². The lowest BCUT2D eigenvalue weighted by Crippen LogP contribution is -2.34. The number of aromatic nitrogens is 1. The fraction of sp³-hybridized carbons (Fsp3) is 0.160. The Kier molecular flexibility index (Phi) is 6.56. The van der Waals surface area contributed by atoms with Crippen LogP contribution in [-0.4, -0.2) is 13.9 Å². The van der Waals surface area contributed by atoms with Gasteiger partial charge in [-0.15, -0.1) is 0 Å². The minimum absolute atomic E-state index is 0.662. The second-order valence-corrected chi connectivity index (χ2v) is 8.46. The van der Waals surface area contributed by atoms with E-state index in [0.717, 1.165) is 12.3 Å². The average Bonchev–Trinajstić information content (AvgIpc) is 3.13. The summed E-state index contributed by atoms with van der Waals surface area (Å²) >= 11 is 1.84. The Morgan fingerprint density at radius 2 is 1.58 bits per heavy atom. The van der Waals surface area contributed by atoms with Gasteiger partial charge in [0.15, 0.2) is 0 Å². The first-order chi connectivity index (χ1) is 15.8. The van der Waals surface area contributed by atoms with Crippen LogP contribution >= 0.6 is 11.3 Å². The molecule has 0 saturated carbocycles. The zero-order valence-electron chi connectivity index (χ0n) is 18.2. The summed E-state index contributed by atoms with van der Waals surface area (Å²) in [5.74, 6) is 0.960. The molecule has 0 saturated heterocycles. The fourth-order valence-electron chi connectivity index (χ4n) is 4.10. The number of halogens is 4. The fourth-order valence-corrected chi connectivity index (χ4v) is 5.28. The number of nitrogens with zero attached hydrogens (tertiary/aromatic N) is 1. The number of fused-ring (bicyclic) bond motifs is 1. The first-order valence-electron chi connectivity index (χ1n) is 10.7. The van der Waals surface area contributed by atoms with Gasteiger partial charge in [0, 0.05) is 22.9 Å². The van der Waals surface area contributed by atoms with Crippen molar-refractivity contribution in [3.8, 4) is 5.75 Å². The van der Waals surface area contributed by atoms with Gasteiger partial charge >= 0.3 is 7.25 Å². The molecule has 0 spiro atoms. The topological polar surface area (TPSA) is 13.1 Å². The van der Waals surface area contributed by atoms with Crippen LogP contribution in [0.25, 0.3) is 37.8 Å². The highest BCUT2D eigenvalue weighted by atomic mass is 32.1. The van der Waals surface area contributed by atoms with E-state index in [1.54, 1.807) is 0 Å². The van der Waals surface area contributed by atoms with Crippen LogP contribution < -0.4 is 14.5 Å². The van der Waals surface area contributed by atoms with Crippen LogP contribution in [0.5, 0.6) is 5.75 Å². The Labute approximate surface area is 192 Å². The number of hydrogen-bond donors (Lipinski definition) is 0. The third-order valence-corrected chi connectivity index (χ3v) is 6.41. The van der Waals surface area contributed by atoms with Crippen molar-refractivity contribution in [1.29, 1.82) is 0 Å². The van der Waals surface area contributed by atoms with E-state index in [9.17, 15) is 17.3 Å². The van der Waals surface area contributed by atoms with E-state index in [1.165, 1.54) is 42.0 Å². The Balaban J connectivity index is 0.000000471. The summed E-state index contributed by atoms with van der Waals surface area (Å²) in [6.45, 7) is 5.86. The maximum atomic E-state index is 9.75. The second-order valence-electron chi connectivity index (χ2n) is 7.40. The van der Waals surface area contributed by atoms with E-state index in [0.29, 0.717) is 6.61 Å². The monoisotopic (exact) mass is 471 g/mol. The van der Waals surface area contributed by atoms with Gasteiger partial charge < -0.3 is 22.0 Å². The largest absolute Gasteiger partial charge is 0.673 e. The summed E-state index contributed by atoms with van der Waals surface area (Å²) in [6.07, 6.45) is 2.32. The van der Waals surface area contributed by atoms with Crippen molar-refractivity contribution >= 4 is 56.4 Å². The molecule has 0 unspecified atom stereocenters. The molecule has 0 atom stereocenters. The lowest BCUT2D eigenvalue weighted by atomic mass is 9.98. The predicted octanol–water partition coefficient (Wildman–Crippen LogP) is 6.76. The Hall–Kier alpha value is -3.13. The van der Waals surface area contributed by atoms with Crippen LogP contribution in [0.4, 0.5) is 17.3 Å². The molecule has 1 heterocycles. The number of aryl methyl sites for hydroxylation is 1. The molecule has 0 N–H and O–H groups in total. The molecule has 1 aromatic heterocycles. The van der Waals surface area contributed by atoms with Crippen LogP contribution in [0.1, 0.15) is 18.9 Å². The maximum absolute atomic E-state index is 9.75. The minimum atomic E-state index is -6.00. The molecule has 0 aliphatic rings. The quantitative estimate of drug-likeness (QED) is 0.160. The molecule has 0 aliphatic heterocycles. The van der Waals surface area contributed by atoms with Crippen molar-refractivity contribution in [1.82, 2.24) is 0 Å². The molecule has 0 fully saturated rings. The number of para-hydroxylation sites is 1. The van der Waals surface area contributed by atoms with E-state index < -0.39 is 7.25 Å². The van der Waals surface area contributed by atoms with E-state index in [1.807, 2.05) is 18.3 Å². The van der Waals surface area contributed by atoms with Gasteiger partial charge in [-0.3, -0.25) is 0 Å². The van der Waals surface area contributed by atoms with Crippen molar-refractivity contribution in [3.63, 3.8) is 0 Å².